The SMILES string of the molecule is NC1(c2nccc(C(=O)Nc3ccc(-n4ccc(=O)[nH]4)cc3)n2)CC1. The number of aromatic amines is 1. The summed E-state index contributed by atoms with van der Waals surface area (Å²) >= 11 is 0. The monoisotopic (exact) mass is 336 g/mol. The molecule has 8 heteroatoms. The van der Waals surface area contributed by atoms with Gasteiger partial charge in [0.1, 0.15) is 11.5 Å². The van der Waals surface area contributed by atoms with Gasteiger partial charge in [0.15, 0.2) is 0 Å². The lowest BCUT2D eigenvalue weighted by molar-refractivity contribution is 0.102. The first kappa shape index (κ1) is 15.3. The predicted octanol–water partition coefficient (Wildman–Crippen LogP) is 1.16. The zero-order chi connectivity index (χ0) is 17.4. The molecule has 1 saturated carbocycles. The molecule has 0 saturated heterocycles. The van der Waals surface area contributed by atoms with E-state index in [1.165, 1.54) is 6.07 Å². The van der Waals surface area contributed by atoms with Gasteiger partial charge in [-0.2, -0.15) is 0 Å². The van der Waals surface area contributed by atoms with Gasteiger partial charge in [0.2, 0.25) is 0 Å². The molecule has 0 unspecified atom stereocenters. The van der Waals surface area contributed by atoms with Crippen molar-refractivity contribution < 1.29 is 4.79 Å². The average molecular weight is 336 g/mol. The number of anilines is 1. The number of hydrogen-bond donors (Lipinski definition) is 3. The number of amides is 1. The van der Waals surface area contributed by atoms with E-state index in [0.717, 1.165) is 18.5 Å². The molecule has 2 aromatic heterocycles. The molecule has 1 aliphatic rings. The third-order valence-electron chi connectivity index (χ3n) is 4.13. The van der Waals surface area contributed by atoms with E-state index >= 15 is 0 Å². The van der Waals surface area contributed by atoms with Gasteiger partial charge >= 0.3 is 0 Å². The molecule has 0 spiro atoms. The van der Waals surface area contributed by atoms with E-state index in [2.05, 4.69) is 20.4 Å². The number of nitrogens with zero attached hydrogens (tertiary/aromatic N) is 3. The van der Waals surface area contributed by atoms with Crippen LogP contribution in [0.2, 0.25) is 0 Å². The highest BCUT2D eigenvalue weighted by Gasteiger charge is 2.43. The van der Waals surface area contributed by atoms with Crippen LogP contribution in [0.4, 0.5) is 5.69 Å². The normalized spacial score (nSPS) is 14.9. The standard InChI is InChI=1S/C17H16N6O2/c18-17(7-8-17)16-19-9-5-13(21-16)15(25)20-11-1-3-12(4-2-11)23-10-6-14(24)22-23/h1-6,9-10H,7-8,18H2,(H,20,25)(H,22,24). The minimum absolute atomic E-state index is 0.176. The van der Waals surface area contributed by atoms with E-state index < -0.39 is 5.54 Å². The number of nitrogens with two attached hydrogens (primary N) is 1. The lowest BCUT2D eigenvalue weighted by Gasteiger charge is -2.09. The summed E-state index contributed by atoms with van der Waals surface area (Å²) in [6, 6.07) is 10.1. The first-order valence-electron chi connectivity index (χ1n) is 7.85. The van der Waals surface area contributed by atoms with E-state index in [0.29, 0.717) is 11.5 Å². The highest BCUT2D eigenvalue weighted by atomic mass is 16.2. The Bertz CT molecular complexity index is 985. The van der Waals surface area contributed by atoms with Crippen LogP contribution in [0.3, 0.4) is 0 Å². The molecule has 0 atom stereocenters. The topological polar surface area (TPSA) is 119 Å². The van der Waals surface area contributed by atoms with Gasteiger partial charge in [-0.15, -0.1) is 0 Å². The Balaban J connectivity index is 1.50. The zero-order valence-electron chi connectivity index (χ0n) is 13.3. The minimum Gasteiger partial charge on any atom is -0.321 e. The largest absolute Gasteiger partial charge is 0.321 e. The Morgan fingerprint density at radius 1 is 1.20 bits per heavy atom. The van der Waals surface area contributed by atoms with Gasteiger partial charge in [0.25, 0.3) is 11.5 Å². The Kier molecular flexibility index (Phi) is 3.47. The number of hydrogen-bond acceptors (Lipinski definition) is 5. The zero-order valence-corrected chi connectivity index (χ0v) is 13.3. The summed E-state index contributed by atoms with van der Waals surface area (Å²) in [5.74, 6) is 0.182. The van der Waals surface area contributed by atoms with Gasteiger partial charge < -0.3 is 11.1 Å². The molecule has 2 heterocycles. The molecule has 25 heavy (non-hydrogen) atoms. The van der Waals surface area contributed by atoms with Crippen LogP contribution in [0.5, 0.6) is 0 Å². The molecule has 3 aromatic rings. The Morgan fingerprint density at radius 3 is 2.60 bits per heavy atom. The molecule has 0 bridgehead atoms. The van der Waals surface area contributed by atoms with Gasteiger partial charge in [0, 0.05) is 24.1 Å². The fourth-order valence-electron chi connectivity index (χ4n) is 2.47. The molecule has 1 aromatic carbocycles. The van der Waals surface area contributed by atoms with Crippen molar-refractivity contribution in [3.8, 4) is 5.69 Å². The van der Waals surface area contributed by atoms with Crippen molar-refractivity contribution in [2.24, 2.45) is 5.73 Å². The fraction of sp³-hybridized carbons (Fsp3) is 0.176. The maximum absolute atomic E-state index is 12.4. The summed E-state index contributed by atoms with van der Waals surface area (Å²) < 4.78 is 1.60. The van der Waals surface area contributed by atoms with E-state index in [4.69, 9.17) is 5.73 Å². The molecule has 4 N–H and O–H groups in total. The number of nitrogens with one attached hydrogen (secondary N) is 2. The molecule has 4 rings (SSSR count). The van der Waals surface area contributed by atoms with E-state index in [-0.39, 0.29) is 17.2 Å². The van der Waals surface area contributed by atoms with E-state index in [9.17, 15) is 9.59 Å². The van der Waals surface area contributed by atoms with Crippen LogP contribution in [0.15, 0.2) is 53.6 Å². The summed E-state index contributed by atoms with van der Waals surface area (Å²) in [6.45, 7) is 0. The molecular weight excluding hydrogens is 320 g/mol. The maximum atomic E-state index is 12.4. The summed E-state index contributed by atoms with van der Waals surface area (Å²) in [5, 5.41) is 5.44. The summed E-state index contributed by atoms with van der Waals surface area (Å²) in [5.41, 5.74) is 7.10. The van der Waals surface area contributed by atoms with Crippen molar-refractivity contribution in [1.29, 1.82) is 0 Å². The average Bonchev–Trinajstić information content (AvgIpc) is 3.24. The Labute approximate surface area is 142 Å². The lowest BCUT2D eigenvalue weighted by atomic mass is 10.2. The van der Waals surface area contributed by atoms with Gasteiger partial charge in [-0.05, 0) is 43.2 Å². The van der Waals surface area contributed by atoms with Gasteiger partial charge in [-0.25, -0.2) is 9.97 Å². The number of carbonyl (C=O) groups is 1. The van der Waals surface area contributed by atoms with E-state index in [1.54, 1.807) is 47.4 Å². The van der Waals surface area contributed by atoms with Crippen molar-refractivity contribution >= 4 is 11.6 Å². The minimum atomic E-state index is -0.481. The van der Waals surface area contributed by atoms with Crippen LogP contribution < -0.4 is 16.6 Å². The van der Waals surface area contributed by atoms with Crippen LogP contribution in [0.1, 0.15) is 29.2 Å². The summed E-state index contributed by atoms with van der Waals surface area (Å²) in [4.78, 5) is 32.0. The van der Waals surface area contributed by atoms with Crippen molar-refractivity contribution in [2.75, 3.05) is 5.32 Å². The second-order valence-electron chi connectivity index (χ2n) is 6.08. The molecule has 8 nitrogen and oxygen atoms in total. The lowest BCUT2D eigenvalue weighted by Crippen LogP contribution is -2.24. The predicted molar refractivity (Wildman–Crippen MR) is 91.5 cm³/mol. The number of aromatic nitrogens is 4. The maximum Gasteiger partial charge on any atom is 0.274 e. The van der Waals surface area contributed by atoms with Crippen LogP contribution in [0.25, 0.3) is 5.69 Å². The molecule has 1 aliphatic carbocycles. The van der Waals surface area contributed by atoms with Gasteiger partial charge in [-0.3, -0.25) is 19.4 Å². The van der Waals surface area contributed by atoms with Crippen molar-refractivity contribution in [2.45, 2.75) is 18.4 Å². The molecule has 0 radical (unpaired) electrons. The van der Waals surface area contributed by atoms with Crippen molar-refractivity contribution in [3.63, 3.8) is 0 Å². The van der Waals surface area contributed by atoms with Crippen LogP contribution in [0, 0.1) is 0 Å². The third kappa shape index (κ3) is 3.07. The number of benzene rings is 1. The quantitative estimate of drug-likeness (QED) is 0.660. The molecule has 0 aliphatic heterocycles. The summed E-state index contributed by atoms with van der Waals surface area (Å²) in [6.07, 6.45) is 4.86. The third-order valence-corrected chi connectivity index (χ3v) is 4.13. The van der Waals surface area contributed by atoms with Gasteiger partial charge in [-0.1, -0.05) is 0 Å². The fourth-order valence-corrected chi connectivity index (χ4v) is 2.47. The van der Waals surface area contributed by atoms with Gasteiger partial charge in [0.05, 0.1) is 11.2 Å². The molecule has 1 fully saturated rings. The van der Waals surface area contributed by atoms with Crippen LogP contribution in [-0.2, 0) is 5.54 Å². The Morgan fingerprint density at radius 2 is 1.96 bits per heavy atom. The Hall–Kier alpha value is -3.26. The molecule has 126 valence electrons. The molecular formula is C17H16N6O2. The summed E-state index contributed by atoms with van der Waals surface area (Å²) in [7, 11) is 0. The smallest absolute Gasteiger partial charge is 0.274 e. The second-order valence-corrected chi connectivity index (χ2v) is 6.08. The first-order valence-corrected chi connectivity index (χ1v) is 7.85. The van der Waals surface area contributed by atoms with Crippen LogP contribution >= 0.6 is 0 Å². The highest BCUT2D eigenvalue weighted by molar-refractivity contribution is 6.02. The van der Waals surface area contributed by atoms with E-state index in [1.807, 2.05) is 0 Å². The number of rotatable bonds is 4. The number of H-pyrrole nitrogens is 1. The van der Waals surface area contributed by atoms with Crippen molar-refractivity contribution in [3.05, 3.63) is 70.7 Å². The first-order chi connectivity index (χ1) is 12.0. The molecule has 1 amide bonds. The number of carbonyl (C=O) groups excluding carboxylic acids is 1. The van der Waals surface area contributed by atoms with Crippen molar-refractivity contribution in [1.82, 2.24) is 19.7 Å². The second kappa shape index (κ2) is 5.67. The van der Waals surface area contributed by atoms with Crippen LogP contribution in [-0.4, -0.2) is 25.7 Å². The highest BCUT2D eigenvalue weighted by Crippen LogP contribution is 2.40.